The molecule has 0 aromatic heterocycles. The van der Waals surface area contributed by atoms with E-state index in [0.29, 0.717) is 0 Å². The van der Waals surface area contributed by atoms with Crippen molar-refractivity contribution in [2.24, 2.45) is 0 Å². The number of phenolic OH excluding ortho intramolecular Hbond substituents is 1. The quantitative estimate of drug-likeness (QED) is 0.670. The van der Waals surface area contributed by atoms with E-state index in [1.807, 2.05) is 0 Å². The zero-order chi connectivity index (χ0) is 10.7. The number of phenols is 1. The van der Waals surface area contributed by atoms with Crippen molar-refractivity contribution in [1.29, 1.82) is 0 Å². The molecule has 0 saturated carbocycles. The van der Waals surface area contributed by atoms with Crippen LogP contribution in [0.3, 0.4) is 0 Å². The van der Waals surface area contributed by atoms with Crippen molar-refractivity contribution in [2.45, 2.75) is 12.2 Å². The van der Waals surface area contributed by atoms with Crippen LogP contribution in [0, 0.1) is 5.82 Å². The second-order valence-electron chi connectivity index (χ2n) is 2.88. The average Bonchev–Trinajstić information content (AvgIpc) is 2.20. The topological polar surface area (TPSA) is 60.7 Å². The molecule has 0 spiro atoms. The summed E-state index contributed by atoms with van der Waals surface area (Å²) < 4.78 is 12.6. The standard InChI is InChI=1S/C9H10ClFO3/c10-4-8(13)9(14)5-1-2-6(11)7(12)3-5/h1-3,8-9,12-14H,4H2. The van der Waals surface area contributed by atoms with Crippen LogP contribution in [0.5, 0.6) is 5.75 Å². The van der Waals surface area contributed by atoms with Gasteiger partial charge in [0.05, 0.1) is 12.0 Å². The molecule has 1 aromatic rings. The maximum atomic E-state index is 12.6. The number of aliphatic hydroxyl groups is 2. The molecule has 1 rings (SSSR count). The molecule has 0 fully saturated rings. The Hall–Kier alpha value is -0.840. The highest BCUT2D eigenvalue weighted by atomic mass is 35.5. The van der Waals surface area contributed by atoms with E-state index in [1.165, 1.54) is 6.07 Å². The summed E-state index contributed by atoms with van der Waals surface area (Å²) in [4.78, 5) is 0. The van der Waals surface area contributed by atoms with Crippen LogP contribution in [0.15, 0.2) is 18.2 Å². The van der Waals surface area contributed by atoms with Gasteiger partial charge in [-0.1, -0.05) is 6.07 Å². The molecule has 0 saturated heterocycles. The molecule has 0 aliphatic heterocycles. The van der Waals surface area contributed by atoms with Crippen molar-refractivity contribution in [2.75, 3.05) is 5.88 Å². The van der Waals surface area contributed by atoms with Gasteiger partial charge in [-0.2, -0.15) is 0 Å². The molecule has 0 aliphatic rings. The summed E-state index contributed by atoms with van der Waals surface area (Å²) in [6.45, 7) is 0. The number of benzene rings is 1. The van der Waals surface area contributed by atoms with Gasteiger partial charge in [0.2, 0.25) is 0 Å². The Balaban J connectivity index is 2.91. The van der Waals surface area contributed by atoms with Crippen molar-refractivity contribution >= 4 is 11.6 Å². The summed E-state index contributed by atoms with van der Waals surface area (Å²) in [6.07, 6.45) is -2.36. The molecular formula is C9H10ClFO3. The number of aliphatic hydroxyl groups excluding tert-OH is 2. The summed E-state index contributed by atoms with van der Waals surface area (Å²) in [5.74, 6) is -1.48. The normalized spacial score (nSPS) is 15.1. The first kappa shape index (κ1) is 11.2. The fraction of sp³-hybridized carbons (Fsp3) is 0.333. The Bertz CT molecular complexity index is 319. The summed E-state index contributed by atoms with van der Waals surface area (Å²) in [5, 5.41) is 27.6. The second-order valence-corrected chi connectivity index (χ2v) is 3.19. The molecule has 0 amide bonds. The lowest BCUT2D eigenvalue weighted by Crippen LogP contribution is -2.19. The van der Waals surface area contributed by atoms with Gasteiger partial charge in [-0.15, -0.1) is 11.6 Å². The summed E-state index contributed by atoms with van der Waals surface area (Å²) in [7, 11) is 0. The zero-order valence-electron chi connectivity index (χ0n) is 7.19. The number of hydrogen-bond acceptors (Lipinski definition) is 3. The van der Waals surface area contributed by atoms with E-state index in [2.05, 4.69) is 0 Å². The van der Waals surface area contributed by atoms with E-state index in [4.69, 9.17) is 16.7 Å². The predicted molar refractivity (Wildman–Crippen MR) is 49.8 cm³/mol. The number of alkyl halides is 1. The first-order chi connectivity index (χ1) is 6.56. The molecule has 3 nitrogen and oxygen atoms in total. The lowest BCUT2D eigenvalue weighted by Gasteiger charge is -2.15. The monoisotopic (exact) mass is 220 g/mol. The predicted octanol–water partition coefficient (Wildman–Crippen LogP) is 1.16. The van der Waals surface area contributed by atoms with Crippen LogP contribution in [-0.2, 0) is 0 Å². The molecule has 14 heavy (non-hydrogen) atoms. The van der Waals surface area contributed by atoms with Gasteiger partial charge in [-0.05, 0) is 17.7 Å². The number of hydrogen-bond donors (Lipinski definition) is 3. The third-order valence-electron chi connectivity index (χ3n) is 1.83. The molecule has 0 aliphatic carbocycles. The van der Waals surface area contributed by atoms with Crippen LogP contribution in [0.4, 0.5) is 4.39 Å². The number of aromatic hydroxyl groups is 1. The maximum Gasteiger partial charge on any atom is 0.164 e. The molecule has 2 atom stereocenters. The summed E-state index contributed by atoms with van der Waals surface area (Å²) in [6, 6.07) is 3.33. The highest BCUT2D eigenvalue weighted by molar-refractivity contribution is 6.18. The Morgan fingerprint density at radius 2 is 2.00 bits per heavy atom. The van der Waals surface area contributed by atoms with Crippen molar-refractivity contribution in [1.82, 2.24) is 0 Å². The van der Waals surface area contributed by atoms with Crippen LogP contribution < -0.4 is 0 Å². The number of halogens is 2. The van der Waals surface area contributed by atoms with Crippen LogP contribution in [0.1, 0.15) is 11.7 Å². The maximum absolute atomic E-state index is 12.6. The Kier molecular flexibility index (Phi) is 3.69. The fourth-order valence-corrected chi connectivity index (χ4v) is 1.19. The van der Waals surface area contributed by atoms with E-state index in [1.54, 1.807) is 0 Å². The van der Waals surface area contributed by atoms with Crippen LogP contribution in [0.25, 0.3) is 0 Å². The van der Waals surface area contributed by atoms with Crippen molar-refractivity contribution in [3.8, 4) is 5.75 Å². The smallest absolute Gasteiger partial charge is 0.164 e. The molecule has 0 radical (unpaired) electrons. The minimum atomic E-state index is -1.22. The van der Waals surface area contributed by atoms with Gasteiger partial charge in [0, 0.05) is 0 Å². The van der Waals surface area contributed by atoms with Gasteiger partial charge < -0.3 is 15.3 Å². The molecule has 5 heteroatoms. The SMILES string of the molecule is Oc1cc(C(O)C(O)CCl)ccc1F. The first-order valence-electron chi connectivity index (χ1n) is 3.96. The molecule has 0 bridgehead atoms. The van der Waals surface area contributed by atoms with Crippen molar-refractivity contribution < 1.29 is 19.7 Å². The van der Waals surface area contributed by atoms with E-state index >= 15 is 0 Å². The summed E-state index contributed by atoms with van der Waals surface area (Å²) >= 11 is 5.32. The average molecular weight is 221 g/mol. The molecule has 78 valence electrons. The van der Waals surface area contributed by atoms with Crippen LogP contribution >= 0.6 is 11.6 Å². The van der Waals surface area contributed by atoms with E-state index in [0.717, 1.165) is 12.1 Å². The zero-order valence-corrected chi connectivity index (χ0v) is 7.95. The third kappa shape index (κ3) is 2.35. The van der Waals surface area contributed by atoms with E-state index in [-0.39, 0.29) is 11.4 Å². The van der Waals surface area contributed by atoms with E-state index < -0.39 is 23.8 Å². The van der Waals surface area contributed by atoms with Gasteiger partial charge in [0.25, 0.3) is 0 Å². The highest BCUT2D eigenvalue weighted by Crippen LogP contribution is 2.23. The van der Waals surface area contributed by atoms with Gasteiger partial charge in [-0.3, -0.25) is 0 Å². The lowest BCUT2D eigenvalue weighted by molar-refractivity contribution is 0.0325. The van der Waals surface area contributed by atoms with Crippen LogP contribution in [0.2, 0.25) is 0 Å². The third-order valence-corrected chi connectivity index (χ3v) is 2.15. The Labute approximate surface area is 85.4 Å². The number of rotatable bonds is 3. The minimum absolute atomic E-state index is 0.140. The molecule has 3 N–H and O–H groups in total. The van der Waals surface area contributed by atoms with Crippen molar-refractivity contribution in [3.05, 3.63) is 29.6 Å². The van der Waals surface area contributed by atoms with Crippen LogP contribution in [-0.4, -0.2) is 27.3 Å². The van der Waals surface area contributed by atoms with Crippen molar-refractivity contribution in [3.63, 3.8) is 0 Å². The molecule has 0 heterocycles. The Morgan fingerprint density at radius 3 is 2.50 bits per heavy atom. The van der Waals surface area contributed by atoms with Gasteiger partial charge in [0.15, 0.2) is 11.6 Å². The largest absolute Gasteiger partial charge is 0.505 e. The Morgan fingerprint density at radius 1 is 1.36 bits per heavy atom. The first-order valence-corrected chi connectivity index (χ1v) is 4.50. The van der Waals surface area contributed by atoms with Gasteiger partial charge in [0.1, 0.15) is 6.10 Å². The highest BCUT2D eigenvalue weighted by Gasteiger charge is 2.18. The van der Waals surface area contributed by atoms with Gasteiger partial charge in [-0.25, -0.2) is 4.39 Å². The van der Waals surface area contributed by atoms with E-state index in [9.17, 15) is 14.6 Å². The van der Waals surface area contributed by atoms with Gasteiger partial charge >= 0.3 is 0 Å². The summed E-state index contributed by atoms with van der Waals surface area (Å²) in [5.41, 5.74) is 0.219. The lowest BCUT2D eigenvalue weighted by atomic mass is 10.1. The fourth-order valence-electron chi connectivity index (χ4n) is 1.02. The molecule has 1 aromatic carbocycles. The molecular weight excluding hydrogens is 211 g/mol. The minimum Gasteiger partial charge on any atom is -0.505 e. The molecule has 2 unspecified atom stereocenters. The second kappa shape index (κ2) is 4.59.